The molecule has 1 unspecified atom stereocenters. The molecule has 33 heavy (non-hydrogen) atoms. The molecule has 3 aromatic rings. The van der Waals surface area contributed by atoms with Crippen LogP contribution in [0.25, 0.3) is 6.08 Å². The van der Waals surface area contributed by atoms with Crippen LogP contribution in [0.1, 0.15) is 36.6 Å². The molecule has 4 rings (SSSR count). The third-order valence-corrected chi connectivity index (χ3v) is 6.57. The summed E-state index contributed by atoms with van der Waals surface area (Å²) in [6.45, 7) is 5.84. The predicted molar refractivity (Wildman–Crippen MR) is 132 cm³/mol. The molecule has 6 nitrogen and oxygen atoms in total. The van der Waals surface area contributed by atoms with Crippen LogP contribution in [0.2, 0.25) is 0 Å². The number of nitrogens with zero attached hydrogens (tertiary/aromatic N) is 3. The lowest BCUT2D eigenvalue weighted by molar-refractivity contribution is -0.139. The largest absolute Gasteiger partial charge is 0.463 e. The summed E-state index contributed by atoms with van der Waals surface area (Å²) in [7, 11) is 3.94. The summed E-state index contributed by atoms with van der Waals surface area (Å²) in [6.07, 6.45) is 1.88. The SMILES string of the molecule is CCOC(=O)C1=C(C)N=c2sc(=Cc3cccc(C)c3)c(=O)n2C1c1ccc(N(C)C)cc1. The molecule has 0 spiro atoms. The number of hydrogen-bond acceptors (Lipinski definition) is 6. The number of aromatic nitrogens is 1. The quantitative estimate of drug-likeness (QED) is 0.548. The molecule has 2 aromatic carbocycles. The van der Waals surface area contributed by atoms with Crippen LogP contribution in [0.4, 0.5) is 5.69 Å². The average Bonchev–Trinajstić information content (AvgIpc) is 3.07. The van der Waals surface area contributed by atoms with Crippen molar-refractivity contribution in [3.8, 4) is 0 Å². The Hall–Kier alpha value is -3.45. The topological polar surface area (TPSA) is 63.9 Å². The lowest BCUT2D eigenvalue weighted by Crippen LogP contribution is -2.39. The number of thiazole rings is 1. The smallest absolute Gasteiger partial charge is 0.338 e. The summed E-state index contributed by atoms with van der Waals surface area (Å²) in [5.74, 6) is -0.451. The zero-order valence-corrected chi connectivity index (χ0v) is 20.3. The molecule has 0 N–H and O–H groups in total. The molecule has 0 bridgehead atoms. The van der Waals surface area contributed by atoms with E-state index in [0.717, 1.165) is 22.4 Å². The molecule has 0 fully saturated rings. The van der Waals surface area contributed by atoms with Crippen LogP contribution in [0.15, 0.2) is 69.6 Å². The van der Waals surface area contributed by atoms with Gasteiger partial charge in [-0.2, -0.15) is 0 Å². The minimum atomic E-state index is -0.601. The Kier molecular flexibility index (Phi) is 6.33. The number of carbonyl (C=O) groups excluding carboxylic acids is 1. The Morgan fingerprint density at radius 3 is 2.55 bits per heavy atom. The van der Waals surface area contributed by atoms with Gasteiger partial charge < -0.3 is 9.64 Å². The average molecular weight is 462 g/mol. The maximum atomic E-state index is 13.6. The molecule has 1 aromatic heterocycles. The van der Waals surface area contributed by atoms with Crippen molar-refractivity contribution < 1.29 is 9.53 Å². The molecule has 170 valence electrons. The number of ether oxygens (including phenoxy) is 1. The fourth-order valence-corrected chi connectivity index (χ4v) is 5.02. The van der Waals surface area contributed by atoms with E-state index in [4.69, 9.17) is 4.74 Å². The fraction of sp³-hybridized carbons (Fsp3) is 0.269. The van der Waals surface area contributed by atoms with Gasteiger partial charge in [0.15, 0.2) is 4.80 Å². The van der Waals surface area contributed by atoms with Gasteiger partial charge >= 0.3 is 5.97 Å². The Morgan fingerprint density at radius 1 is 1.18 bits per heavy atom. The van der Waals surface area contributed by atoms with Crippen molar-refractivity contribution in [2.45, 2.75) is 26.8 Å². The van der Waals surface area contributed by atoms with Gasteiger partial charge in [0.05, 0.1) is 28.5 Å². The van der Waals surface area contributed by atoms with E-state index in [0.29, 0.717) is 20.6 Å². The third-order valence-electron chi connectivity index (χ3n) is 5.58. The summed E-state index contributed by atoms with van der Waals surface area (Å²) in [5, 5.41) is 0. The van der Waals surface area contributed by atoms with Crippen molar-refractivity contribution in [1.82, 2.24) is 4.57 Å². The van der Waals surface area contributed by atoms with Crippen molar-refractivity contribution >= 4 is 29.1 Å². The van der Waals surface area contributed by atoms with Crippen molar-refractivity contribution in [3.05, 3.63) is 96.2 Å². The zero-order valence-electron chi connectivity index (χ0n) is 19.5. The maximum Gasteiger partial charge on any atom is 0.338 e. The molecule has 0 aliphatic carbocycles. The van der Waals surface area contributed by atoms with E-state index in [1.165, 1.54) is 11.3 Å². The van der Waals surface area contributed by atoms with Gasteiger partial charge in [0.2, 0.25) is 0 Å². The number of esters is 1. The molecular formula is C26H27N3O3S. The lowest BCUT2D eigenvalue weighted by Gasteiger charge is -2.25. The van der Waals surface area contributed by atoms with Crippen LogP contribution in [0.3, 0.4) is 0 Å². The molecule has 0 saturated carbocycles. The van der Waals surface area contributed by atoms with Crippen LogP contribution < -0.4 is 19.8 Å². The Labute approximate surface area is 196 Å². The highest BCUT2D eigenvalue weighted by molar-refractivity contribution is 7.07. The highest BCUT2D eigenvalue weighted by Gasteiger charge is 2.33. The van der Waals surface area contributed by atoms with E-state index in [2.05, 4.69) is 4.99 Å². The number of fused-ring (bicyclic) bond motifs is 1. The first-order valence-corrected chi connectivity index (χ1v) is 11.7. The summed E-state index contributed by atoms with van der Waals surface area (Å²) in [6, 6.07) is 15.3. The number of anilines is 1. The summed E-state index contributed by atoms with van der Waals surface area (Å²) < 4.78 is 7.55. The molecule has 2 heterocycles. The summed E-state index contributed by atoms with van der Waals surface area (Å²) in [4.78, 5) is 33.8. The molecule has 0 amide bonds. The Morgan fingerprint density at radius 2 is 1.91 bits per heavy atom. The van der Waals surface area contributed by atoms with Gasteiger partial charge in [0.25, 0.3) is 5.56 Å². The monoisotopic (exact) mass is 461 g/mol. The van der Waals surface area contributed by atoms with Crippen LogP contribution in [0, 0.1) is 6.92 Å². The van der Waals surface area contributed by atoms with E-state index in [-0.39, 0.29) is 12.2 Å². The summed E-state index contributed by atoms with van der Waals surface area (Å²) in [5.41, 5.74) is 4.73. The third kappa shape index (κ3) is 4.41. The second-order valence-corrected chi connectivity index (χ2v) is 9.21. The van der Waals surface area contributed by atoms with Crippen molar-refractivity contribution in [2.24, 2.45) is 4.99 Å². The number of carbonyl (C=O) groups is 1. The van der Waals surface area contributed by atoms with Crippen molar-refractivity contribution in [1.29, 1.82) is 0 Å². The number of hydrogen-bond donors (Lipinski definition) is 0. The van der Waals surface area contributed by atoms with E-state index < -0.39 is 12.0 Å². The fourth-order valence-electron chi connectivity index (χ4n) is 3.97. The van der Waals surface area contributed by atoms with E-state index >= 15 is 0 Å². The van der Waals surface area contributed by atoms with Gasteiger partial charge in [-0.1, -0.05) is 53.3 Å². The first-order chi connectivity index (χ1) is 15.8. The van der Waals surface area contributed by atoms with Gasteiger partial charge in [-0.15, -0.1) is 0 Å². The first-order valence-electron chi connectivity index (χ1n) is 10.8. The van der Waals surface area contributed by atoms with E-state index in [1.54, 1.807) is 18.4 Å². The highest BCUT2D eigenvalue weighted by atomic mass is 32.1. The molecule has 1 atom stereocenters. The van der Waals surface area contributed by atoms with Crippen LogP contribution in [-0.4, -0.2) is 31.2 Å². The van der Waals surface area contributed by atoms with Gasteiger partial charge in [-0.3, -0.25) is 9.36 Å². The summed E-state index contributed by atoms with van der Waals surface area (Å²) >= 11 is 1.33. The van der Waals surface area contributed by atoms with Crippen LogP contribution >= 0.6 is 11.3 Å². The first kappa shape index (κ1) is 22.7. The zero-order chi connectivity index (χ0) is 23.7. The van der Waals surface area contributed by atoms with E-state index in [1.807, 2.05) is 80.5 Å². The number of allylic oxidation sites excluding steroid dienone is 1. The minimum absolute atomic E-state index is 0.170. The standard InChI is InChI=1S/C26H27N3O3S/c1-6-32-25(31)22-17(3)27-26-29(23(22)19-10-12-20(13-11-19)28(4)5)24(30)21(33-26)15-18-9-7-8-16(2)14-18/h7-15,23H,6H2,1-5H3. The van der Waals surface area contributed by atoms with Crippen LogP contribution in [0.5, 0.6) is 0 Å². The van der Waals surface area contributed by atoms with Crippen LogP contribution in [-0.2, 0) is 9.53 Å². The Balaban J connectivity index is 1.94. The highest BCUT2D eigenvalue weighted by Crippen LogP contribution is 2.31. The van der Waals surface area contributed by atoms with Gasteiger partial charge in [-0.25, -0.2) is 9.79 Å². The number of aryl methyl sites for hydroxylation is 1. The van der Waals surface area contributed by atoms with Crippen molar-refractivity contribution in [3.63, 3.8) is 0 Å². The molecular weight excluding hydrogens is 434 g/mol. The van der Waals surface area contributed by atoms with Gasteiger partial charge in [-0.05, 0) is 50.1 Å². The maximum absolute atomic E-state index is 13.6. The predicted octanol–water partition coefficient (Wildman–Crippen LogP) is 3.17. The molecule has 0 saturated heterocycles. The molecule has 0 radical (unpaired) electrons. The second-order valence-electron chi connectivity index (χ2n) is 8.20. The van der Waals surface area contributed by atoms with Gasteiger partial charge in [0.1, 0.15) is 0 Å². The number of benzene rings is 2. The molecule has 7 heteroatoms. The van der Waals surface area contributed by atoms with E-state index in [9.17, 15) is 9.59 Å². The lowest BCUT2D eigenvalue weighted by atomic mass is 9.95. The van der Waals surface area contributed by atoms with Crippen molar-refractivity contribution in [2.75, 3.05) is 25.6 Å². The normalized spacial score (nSPS) is 15.8. The number of rotatable bonds is 5. The molecule has 1 aliphatic rings. The van der Waals surface area contributed by atoms with Gasteiger partial charge in [0, 0.05) is 19.8 Å². The minimum Gasteiger partial charge on any atom is -0.463 e. The second kappa shape index (κ2) is 9.19. The molecule has 1 aliphatic heterocycles. The Bertz CT molecular complexity index is 1410.